The van der Waals surface area contributed by atoms with Crippen molar-refractivity contribution in [2.75, 3.05) is 13.7 Å². The number of aliphatic hydroxyl groups excluding tert-OH is 1. The molecule has 4 aliphatic rings. The Hall–Kier alpha value is -0.120. The van der Waals surface area contributed by atoms with Crippen LogP contribution in [0.3, 0.4) is 0 Å². The van der Waals surface area contributed by atoms with Gasteiger partial charge in [-0.3, -0.25) is 0 Å². The maximum absolute atomic E-state index is 10.8. The van der Waals surface area contributed by atoms with Crippen LogP contribution in [0.4, 0.5) is 0 Å². The van der Waals surface area contributed by atoms with Crippen LogP contribution >= 0.6 is 0 Å². The van der Waals surface area contributed by atoms with E-state index in [0.717, 1.165) is 38.5 Å². The lowest BCUT2D eigenvalue weighted by molar-refractivity contribution is -0.176. The van der Waals surface area contributed by atoms with E-state index >= 15 is 0 Å². The molecule has 0 heterocycles. The molecule has 2 N–H and O–H groups in total. The molecule has 0 aromatic carbocycles. The van der Waals surface area contributed by atoms with Gasteiger partial charge in [0.2, 0.25) is 0 Å². The van der Waals surface area contributed by atoms with Crippen molar-refractivity contribution in [3.63, 3.8) is 0 Å². The van der Waals surface area contributed by atoms with Gasteiger partial charge in [0.1, 0.15) is 0 Å². The Balaban J connectivity index is 1.72. The molecule has 0 aromatic rings. The van der Waals surface area contributed by atoms with Gasteiger partial charge in [-0.25, -0.2) is 0 Å². The van der Waals surface area contributed by atoms with E-state index in [-0.39, 0.29) is 17.4 Å². The summed E-state index contributed by atoms with van der Waals surface area (Å²) in [4.78, 5) is 0. The summed E-state index contributed by atoms with van der Waals surface area (Å²) in [6.07, 6.45) is 8.33. The number of fused-ring (bicyclic) bond motifs is 5. The van der Waals surface area contributed by atoms with Crippen LogP contribution in [0.5, 0.6) is 0 Å². The molecule has 0 radical (unpaired) electrons. The number of rotatable bonds is 3. The molecular formula is C23H40O3. The van der Waals surface area contributed by atoms with Crippen molar-refractivity contribution >= 4 is 0 Å². The van der Waals surface area contributed by atoms with Gasteiger partial charge >= 0.3 is 0 Å². The lowest BCUT2D eigenvalue weighted by Gasteiger charge is -2.62. The highest BCUT2D eigenvalue weighted by molar-refractivity contribution is 5.11. The van der Waals surface area contributed by atoms with Crippen LogP contribution in [0.1, 0.15) is 81.3 Å². The maximum Gasteiger partial charge on any atom is 0.0622 e. The van der Waals surface area contributed by atoms with Gasteiger partial charge < -0.3 is 14.9 Å². The minimum atomic E-state index is -1.66. The summed E-state index contributed by atoms with van der Waals surface area (Å²) in [7, 11) is 1.52. The highest BCUT2D eigenvalue weighted by atomic mass is 16.5. The Labute approximate surface area is 162 Å². The standard InChI is InChI=1S/C23H40O3/c1-15(24)18-7-8-19-17-6-5-16-13-21(2,25)11-12-23(16,14-26-4)20(17)9-10-22(18,19)3/h15-20,24-25H,5-14H2,1-4H3/t15?,16-,17+,18-,19+,20+,21-,22-,23-/m1/s1/i14D2. The van der Waals surface area contributed by atoms with Crippen molar-refractivity contribution in [1.29, 1.82) is 0 Å². The van der Waals surface area contributed by atoms with Gasteiger partial charge in [0.25, 0.3) is 0 Å². The van der Waals surface area contributed by atoms with Crippen molar-refractivity contribution in [2.45, 2.75) is 90.3 Å². The predicted molar refractivity (Wildman–Crippen MR) is 104 cm³/mol. The first-order valence-electron chi connectivity index (χ1n) is 11.9. The van der Waals surface area contributed by atoms with E-state index in [1.54, 1.807) is 0 Å². The van der Waals surface area contributed by atoms with E-state index < -0.39 is 17.6 Å². The molecule has 26 heavy (non-hydrogen) atoms. The van der Waals surface area contributed by atoms with E-state index in [9.17, 15) is 10.2 Å². The zero-order chi connectivity index (χ0) is 20.5. The largest absolute Gasteiger partial charge is 0.393 e. The predicted octanol–water partition coefficient (Wildman–Crippen LogP) is 4.40. The summed E-state index contributed by atoms with van der Waals surface area (Å²) in [6.45, 7) is 4.62. The number of hydrogen-bond donors (Lipinski definition) is 2. The molecule has 0 amide bonds. The minimum absolute atomic E-state index is 0.184. The van der Waals surface area contributed by atoms with Crippen LogP contribution in [0.25, 0.3) is 0 Å². The van der Waals surface area contributed by atoms with E-state index in [1.165, 1.54) is 13.5 Å². The van der Waals surface area contributed by atoms with Crippen molar-refractivity contribution in [3.05, 3.63) is 0 Å². The van der Waals surface area contributed by atoms with Crippen molar-refractivity contribution in [3.8, 4) is 0 Å². The number of aliphatic hydroxyl groups is 2. The second kappa shape index (κ2) is 6.46. The third-order valence-electron chi connectivity index (χ3n) is 9.39. The van der Waals surface area contributed by atoms with Crippen LogP contribution in [0, 0.1) is 40.4 Å². The topological polar surface area (TPSA) is 49.7 Å². The summed E-state index contributed by atoms with van der Waals surface area (Å²) in [5.41, 5.74) is -0.987. The lowest BCUT2D eigenvalue weighted by Crippen LogP contribution is -2.58. The molecule has 0 bridgehead atoms. The first-order chi connectivity index (χ1) is 13.0. The van der Waals surface area contributed by atoms with Crippen molar-refractivity contribution < 1.29 is 17.7 Å². The fraction of sp³-hybridized carbons (Fsp3) is 1.00. The Morgan fingerprint density at radius 3 is 2.54 bits per heavy atom. The molecule has 3 heteroatoms. The maximum atomic E-state index is 10.8. The van der Waals surface area contributed by atoms with E-state index in [0.29, 0.717) is 36.5 Å². The Morgan fingerprint density at radius 1 is 1.08 bits per heavy atom. The Kier molecular flexibility index (Phi) is 4.17. The van der Waals surface area contributed by atoms with Crippen LogP contribution in [0.2, 0.25) is 0 Å². The van der Waals surface area contributed by atoms with Crippen molar-refractivity contribution in [2.24, 2.45) is 40.4 Å². The van der Waals surface area contributed by atoms with Gasteiger partial charge in [-0.1, -0.05) is 6.92 Å². The average Bonchev–Trinajstić information content (AvgIpc) is 2.97. The molecule has 0 aliphatic heterocycles. The van der Waals surface area contributed by atoms with Gasteiger partial charge in [-0.05, 0) is 112 Å². The van der Waals surface area contributed by atoms with Gasteiger partial charge in [0.15, 0.2) is 0 Å². The molecule has 1 unspecified atom stereocenters. The lowest BCUT2D eigenvalue weighted by atomic mass is 9.43. The molecule has 0 saturated heterocycles. The Bertz CT molecular complexity index is 607. The first kappa shape index (κ1) is 16.8. The van der Waals surface area contributed by atoms with Crippen LogP contribution in [-0.2, 0) is 4.74 Å². The molecule has 0 aromatic heterocycles. The van der Waals surface area contributed by atoms with Gasteiger partial charge in [0.05, 0.1) is 21.0 Å². The fourth-order valence-corrected chi connectivity index (χ4v) is 8.30. The smallest absolute Gasteiger partial charge is 0.0622 e. The van der Waals surface area contributed by atoms with Gasteiger partial charge in [-0.15, -0.1) is 0 Å². The third kappa shape index (κ3) is 2.71. The molecule has 4 aliphatic carbocycles. The molecule has 0 spiro atoms. The molecule has 9 atom stereocenters. The molecule has 3 nitrogen and oxygen atoms in total. The molecule has 4 fully saturated rings. The summed E-state index contributed by atoms with van der Waals surface area (Å²) >= 11 is 0. The van der Waals surface area contributed by atoms with E-state index in [4.69, 9.17) is 7.48 Å². The van der Waals surface area contributed by atoms with Gasteiger partial charge in [0, 0.05) is 7.11 Å². The summed E-state index contributed by atoms with van der Waals surface area (Å²) in [5, 5.41) is 21.2. The highest BCUT2D eigenvalue weighted by Gasteiger charge is 2.62. The van der Waals surface area contributed by atoms with E-state index in [2.05, 4.69) is 6.92 Å². The van der Waals surface area contributed by atoms with E-state index in [1.807, 2.05) is 13.8 Å². The monoisotopic (exact) mass is 366 g/mol. The quantitative estimate of drug-likeness (QED) is 0.778. The van der Waals surface area contributed by atoms with Crippen LogP contribution in [-0.4, -0.2) is 35.6 Å². The summed E-state index contributed by atoms with van der Waals surface area (Å²) in [5.74, 6) is 1.98. The minimum Gasteiger partial charge on any atom is -0.393 e. The highest BCUT2D eigenvalue weighted by Crippen LogP contribution is 2.68. The third-order valence-corrected chi connectivity index (χ3v) is 9.39. The SMILES string of the molecule is [2H]C([2H])(OC)[C@]12CC[C@@](C)(O)C[C@H]1CC[C@H]1[C@@H]3CC[C@H](C(C)O)[C@@]3(C)CC[C@@H]12. The Morgan fingerprint density at radius 2 is 1.85 bits per heavy atom. The second-order valence-corrected chi connectivity index (χ2v) is 10.7. The normalized spacial score (nSPS) is 56.6. The number of ether oxygens (including phenoxy) is 1. The average molecular weight is 367 g/mol. The molecular weight excluding hydrogens is 324 g/mol. The van der Waals surface area contributed by atoms with Crippen molar-refractivity contribution in [1.82, 2.24) is 0 Å². The molecule has 4 saturated carbocycles. The summed E-state index contributed by atoms with van der Waals surface area (Å²) < 4.78 is 23.4. The molecule has 4 rings (SSSR count). The number of hydrogen-bond acceptors (Lipinski definition) is 3. The number of methoxy groups -OCH3 is 1. The zero-order valence-electron chi connectivity index (χ0n) is 19.1. The van der Waals surface area contributed by atoms with Crippen LogP contribution in [0.15, 0.2) is 0 Å². The molecule has 150 valence electrons. The van der Waals surface area contributed by atoms with Crippen LogP contribution < -0.4 is 0 Å². The zero-order valence-corrected chi connectivity index (χ0v) is 17.1. The van der Waals surface area contributed by atoms with Gasteiger partial charge in [-0.2, -0.15) is 0 Å². The fourth-order valence-electron chi connectivity index (χ4n) is 8.30. The second-order valence-electron chi connectivity index (χ2n) is 10.7. The first-order valence-corrected chi connectivity index (χ1v) is 10.9. The summed E-state index contributed by atoms with van der Waals surface area (Å²) in [6, 6.07) is 0.